The summed E-state index contributed by atoms with van der Waals surface area (Å²) in [7, 11) is 0. The number of aromatic nitrogens is 3. The molecule has 0 spiro atoms. The van der Waals surface area contributed by atoms with Crippen LogP contribution in [0.15, 0.2) is 53.2 Å². The van der Waals surface area contributed by atoms with Gasteiger partial charge in [0.25, 0.3) is 5.88 Å². The van der Waals surface area contributed by atoms with Crippen LogP contribution in [-0.2, 0) is 0 Å². The standard InChI is InChI=1S/C24H28FN7O2/c1-16-12-27-22(14-26-16)31-23-19-10-17(4-5-21(19)29-15-30-23)34-24-20(25)11-18(13-28-24)33-9-8-32-6-2-3-7-32/h4-5,11-15,17,21H,2-3,6-10H2,1H3,(H,27,31)(H,29,30). The third kappa shape index (κ3) is 5.33. The summed E-state index contributed by atoms with van der Waals surface area (Å²) >= 11 is 0. The van der Waals surface area contributed by atoms with Crippen molar-refractivity contribution < 1.29 is 13.9 Å². The Bertz CT molecular complexity index is 1100. The highest BCUT2D eigenvalue weighted by atomic mass is 19.1. The van der Waals surface area contributed by atoms with Gasteiger partial charge in [0, 0.05) is 24.6 Å². The van der Waals surface area contributed by atoms with Crippen LogP contribution in [0.2, 0.25) is 0 Å². The number of aliphatic imine (C=N–C) groups is 1. The van der Waals surface area contributed by atoms with Crippen LogP contribution in [0.5, 0.6) is 11.6 Å². The predicted octanol–water partition coefficient (Wildman–Crippen LogP) is 2.82. The molecule has 178 valence electrons. The maximum Gasteiger partial charge on any atom is 0.251 e. The van der Waals surface area contributed by atoms with Crippen LogP contribution in [0.3, 0.4) is 0 Å². The second kappa shape index (κ2) is 10.2. The van der Waals surface area contributed by atoms with Gasteiger partial charge >= 0.3 is 0 Å². The minimum atomic E-state index is -0.545. The number of hydrogen-bond donors (Lipinski definition) is 2. The normalized spacial score (nSPS) is 21.8. The Balaban J connectivity index is 1.22. The van der Waals surface area contributed by atoms with Gasteiger partial charge in [0.1, 0.15) is 30.1 Å². The molecule has 34 heavy (non-hydrogen) atoms. The summed E-state index contributed by atoms with van der Waals surface area (Å²) in [6.07, 6.45) is 13.0. The molecule has 1 fully saturated rings. The van der Waals surface area contributed by atoms with Gasteiger partial charge in [0.2, 0.25) is 0 Å². The third-order valence-corrected chi connectivity index (χ3v) is 6.01. The zero-order chi connectivity index (χ0) is 23.3. The topological polar surface area (TPSA) is 96.8 Å². The van der Waals surface area contributed by atoms with E-state index in [0.717, 1.165) is 36.7 Å². The Kier molecular flexibility index (Phi) is 6.66. The molecule has 5 rings (SSSR count). The smallest absolute Gasteiger partial charge is 0.251 e. The molecule has 4 heterocycles. The zero-order valence-corrected chi connectivity index (χ0v) is 19.1. The van der Waals surface area contributed by atoms with Crippen molar-refractivity contribution >= 4 is 12.2 Å². The molecule has 2 unspecified atom stereocenters. The summed E-state index contributed by atoms with van der Waals surface area (Å²) in [5.41, 5.74) is 1.82. The Morgan fingerprint density at radius 2 is 2.03 bits per heavy atom. The summed E-state index contributed by atoms with van der Waals surface area (Å²) in [4.78, 5) is 19.6. The highest BCUT2D eigenvalue weighted by Gasteiger charge is 2.27. The fourth-order valence-corrected chi connectivity index (χ4v) is 4.21. The second-order valence-corrected chi connectivity index (χ2v) is 8.54. The van der Waals surface area contributed by atoms with Crippen molar-refractivity contribution in [3.63, 3.8) is 0 Å². The van der Waals surface area contributed by atoms with Crippen LogP contribution in [0.25, 0.3) is 0 Å². The van der Waals surface area contributed by atoms with Crippen molar-refractivity contribution in [1.29, 1.82) is 0 Å². The lowest BCUT2D eigenvalue weighted by molar-refractivity contribution is 0.216. The molecule has 1 aliphatic carbocycles. The Morgan fingerprint density at radius 1 is 1.15 bits per heavy atom. The summed E-state index contributed by atoms with van der Waals surface area (Å²) in [6.45, 7) is 5.44. The summed E-state index contributed by atoms with van der Waals surface area (Å²) in [5, 5.41) is 6.39. The van der Waals surface area contributed by atoms with Crippen LogP contribution in [0, 0.1) is 12.7 Å². The van der Waals surface area contributed by atoms with Crippen LogP contribution in [-0.4, -0.2) is 64.6 Å². The predicted molar refractivity (Wildman–Crippen MR) is 126 cm³/mol. The Labute approximate surface area is 197 Å². The number of ether oxygens (including phenoxy) is 2. The van der Waals surface area contributed by atoms with Crippen LogP contribution >= 0.6 is 0 Å². The molecule has 3 aliphatic rings. The summed E-state index contributed by atoms with van der Waals surface area (Å²) in [5.74, 6) is 1.20. The van der Waals surface area contributed by atoms with Gasteiger partial charge in [-0.25, -0.2) is 14.4 Å². The van der Waals surface area contributed by atoms with Crippen molar-refractivity contribution in [2.45, 2.75) is 38.3 Å². The van der Waals surface area contributed by atoms with Crippen LogP contribution < -0.4 is 20.1 Å². The average molecular weight is 466 g/mol. The van der Waals surface area contributed by atoms with Crippen molar-refractivity contribution in [3.8, 4) is 11.6 Å². The zero-order valence-electron chi connectivity index (χ0n) is 19.1. The van der Waals surface area contributed by atoms with Crippen LogP contribution in [0.4, 0.5) is 10.2 Å². The summed E-state index contributed by atoms with van der Waals surface area (Å²) < 4.78 is 26.2. The SMILES string of the molecule is Cc1cnc(NC2=C3CC(Oc4ncc(OCCN5CCCC5)cc4F)C=CC3N=CN2)cn1. The monoisotopic (exact) mass is 465 g/mol. The van der Waals surface area contributed by atoms with E-state index in [4.69, 9.17) is 9.47 Å². The first-order valence-corrected chi connectivity index (χ1v) is 11.6. The van der Waals surface area contributed by atoms with Crippen molar-refractivity contribution in [3.05, 3.63) is 59.7 Å². The van der Waals surface area contributed by atoms with Gasteiger partial charge in [-0.1, -0.05) is 6.08 Å². The fraction of sp³-hybridized carbons (Fsp3) is 0.417. The van der Waals surface area contributed by atoms with E-state index in [0.29, 0.717) is 24.6 Å². The van der Waals surface area contributed by atoms with Crippen LogP contribution in [0.1, 0.15) is 25.0 Å². The molecule has 0 saturated carbocycles. The number of hydrogen-bond acceptors (Lipinski definition) is 9. The number of rotatable bonds is 8. The highest BCUT2D eigenvalue weighted by molar-refractivity contribution is 5.64. The number of halogens is 1. The van der Waals surface area contributed by atoms with Gasteiger partial charge in [-0.05, 0) is 38.9 Å². The van der Waals surface area contributed by atoms with Gasteiger partial charge < -0.3 is 20.1 Å². The number of pyridine rings is 1. The molecule has 10 heteroatoms. The second-order valence-electron chi connectivity index (χ2n) is 8.54. The number of aryl methyl sites for hydroxylation is 1. The highest BCUT2D eigenvalue weighted by Crippen LogP contribution is 2.29. The molecule has 2 aliphatic heterocycles. The van der Waals surface area contributed by atoms with E-state index >= 15 is 0 Å². The van der Waals surface area contributed by atoms with E-state index in [1.54, 1.807) is 18.7 Å². The first-order chi connectivity index (χ1) is 16.6. The fourth-order valence-electron chi connectivity index (χ4n) is 4.21. The van der Waals surface area contributed by atoms with Gasteiger partial charge in [0.05, 0.1) is 36.7 Å². The van der Waals surface area contributed by atoms with E-state index in [1.807, 2.05) is 19.1 Å². The molecule has 1 saturated heterocycles. The number of fused-ring (bicyclic) bond motifs is 1. The molecule has 2 N–H and O–H groups in total. The number of nitrogens with one attached hydrogen (secondary N) is 2. The lowest BCUT2D eigenvalue weighted by atomic mass is 9.93. The first kappa shape index (κ1) is 22.3. The molecule has 2 atom stereocenters. The molecule has 0 aromatic carbocycles. The summed E-state index contributed by atoms with van der Waals surface area (Å²) in [6, 6.07) is 1.21. The lowest BCUT2D eigenvalue weighted by Crippen LogP contribution is -2.34. The maximum absolute atomic E-state index is 14.7. The van der Waals surface area contributed by atoms with E-state index < -0.39 is 5.82 Å². The van der Waals surface area contributed by atoms with E-state index in [1.165, 1.54) is 25.1 Å². The lowest BCUT2D eigenvalue weighted by Gasteiger charge is -2.29. The van der Waals surface area contributed by atoms with E-state index in [9.17, 15) is 4.39 Å². The number of anilines is 1. The van der Waals surface area contributed by atoms with Crippen molar-refractivity contribution in [2.24, 2.45) is 4.99 Å². The van der Waals surface area contributed by atoms with Gasteiger partial charge in [-0.2, -0.15) is 0 Å². The molecule has 9 nitrogen and oxygen atoms in total. The van der Waals surface area contributed by atoms with E-state index in [2.05, 4.69) is 35.5 Å². The molecular weight excluding hydrogens is 437 g/mol. The van der Waals surface area contributed by atoms with Crippen molar-refractivity contribution in [2.75, 3.05) is 31.6 Å². The molecular formula is C24H28FN7O2. The average Bonchev–Trinajstić information content (AvgIpc) is 3.36. The molecule has 2 aromatic heterocycles. The largest absolute Gasteiger partial charge is 0.491 e. The van der Waals surface area contributed by atoms with E-state index in [-0.39, 0.29) is 18.0 Å². The first-order valence-electron chi connectivity index (χ1n) is 11.6. The molecule has 0 radical (unpaired) electrons. The molecule has 0 bridgehead atoms. The minimum absolute atomic E-state index is 0.0493. The molecule has 2 aromatic rings. The Hall–Kier alpha value is -3.53. The van der Waals surface area contributed by atoms with Gasteiger partial charge in [-0.3, -0.25) is 14.9 Å². The minimum Gasteiger partial charge on any atom is -0.491 e. The number of nitrogens with zero attached hydrogens (tertiary/aromatic N) is 5. The third-order valence-electron chi connectivity index (χ3n) is 6.01. The molecule has 0 amide bonds. The maximum atomic E-state index is 14.7. The van der Waals surface area contributed by atoms with Gasteiger partial charge in [-0.15, -0.1) is 0 Å². The van der Waals surface area contributed by atoms with Gasteiger partial charge in [0.15, 0.2) is 5.82 Å². The Morgan fingerprint density at radius 3 is 2.82 bits per heavy atom. The van der Waals surface area contributed by atoms with Crippen molar-refractivity contribution in [1.82, 2.24) is 25.2 Å². The quantitative estimate of drug-likeness (QED) is 0.575. The number of likely N-dealkylation sites (tertiary alicyclic amines) is 1.